The van der Waals surface area contributed by atoms with E-state index in [-0.39, 0.29) is 23.9 Å². The molecule has 19 heavy (non-hydrogen) atoms. The van der Waals surface area contributed by atoms with Crippen molar-refractivity contribution in [3.05, 3.63) is 27.9 Å². The minimum absolute atomic E-state index is 0.0623. The average molecular weight is 270 g/mol. The summed E-state index contributed by atoms with van der Waals surface area (Å²) >= 11 is 0. The number of hydrogen-bond donors (Lipinski definition) is 0. The predicted octanol–water partition coefficient (Wildman–Crippen LogP) is 1.19. The highest BCUT2D eigenvalue weighted by Crippen LogP contribution is 2.25. The molecule has 0 saturated heterocycles. The maximum Gasteiger partial charge on any atom is 0.356 e. The highest BCUT2D eigenvalue weighted by molar-refractivity contribution is 5.87. The van der Waals surface area contributed by atoms with Crippen molar-refractivity contribution in [3.63, 3.8) is 0 Å². The first-order chi connectivity index (χ1) is 8.99. The first kappa shape index (κ1) is 14.8. The fourth-order valence-corrected chi connectivity index (χ4v) is 1.34. The third-order valence-electron chi connectivity index (χ3n) is 2.15. The predicted molar refractivity (Wildman–Crippen MR) is 64.2 cm³/mol. The monoisotopic (exact) mass is 270 g/mol. The van der Waals surface area contributed by atoms with Crippen LogP contribution in [0, 0.1) is 10.1 Å². The molecule has 1 rings (SSSR count). The van der Waals surface area contributed by atoms with Gasteiger partial charge in [-0.05, 0) is 13.0 Å². The van der Waals surface area contributed by atoms with E-state index in [1.165, 1.54) is 20.3 Å². The Kier molecular flexibility index (Phi) is 5.19. The van der Waals surface area contributed by atoms with Gasteiger partial charge in [-0.2, -0.15) is 0 Å². The summed E-state index contributed by atoms with van der Waals surface area (Å²) in [6.07, 6.45) is -0.441. The van der Waals surface area contributed by atoms with Crippen LogP contribution in [-0.2, 0) is 9.47 Å². The van der Waals surface area contributed by atoms with E-state index in [9.17, 15) is 14.9 Å². The SMILES string of the molecule is COCC(C)Oc1nc(C(=O)OC)ccc1[N+](=O)[O-]. The van der Waals surface area contributed by atoms with Gasteiger partial charge >= 0.3 is 11.7 Å². The Hall–Kier alpha value is -2.22. The highest BCUT2D eigenvalue weighted by atomic mass is 16.6. The molecule has 0 aliphatic heterocycles. The van der Waals surface area contributed by atoms with E-state index in [2.05, 4.69) is 9.72 Å². The van der Waals surface area contributed by atoms with Crippen molar-refractivity contribution in [2.45, 2.75) is 13.0 Å². The molecule has 8 nitrogen and oxygen atoms in total. The second-order valence-electron chi connectivity index (χ2n) is 3.65. The third-order valence-corrected chi connectivity index (χ3v) is 2.15. The first-order valence-electron chi connectivity index (χ1n) is 5.39. The van der Waals surface area contributed by atoms with Gasteiger partial charge in [0.1, 0.15) is 6.10 Å². The van der Waals surface area contributed by atoms with Gasteiger partial charge in [0.2, 0.25) is 0 Å². The zero-order valence-electron chi connectivity index (χ0n) is 10.8. The van der Waals surface area contributed by atoms with Crippen LogP contribution in [0.2, 0.25) is 0 Å². The molecule has 0 bridgehead atoms. The van der Waals surface area contributed by atoms with E-state index >= 15 is 0 Å². The van der Waals surface area contributed by atoms with Gasteiger partial charge in [0.15, 0.2) is 5.69 Å². The van der Waals surface area contributed by atoms with E-state index in [4.69, 9.17) is 9.47 Å². The van der Waals surface area contributed by atoms with Crippen LogP contribution < -0.4 is 4.74 Å². The lowest BCUT2D eigenvalue weighted by atomic mass is 10.3. The van der Waals surface area contributed by atoms with Crippen LogP contribution in [0.25, 0.3) is 0 Å². The Morgan fingerprint density at radius 1 is 1.47 bits per heavy atom. The molecule has 1 atom stereocenters. The molecule has 0 aliphatic rings. The van der Waals surface area contributed by atoms with Crippen LogP contribution in [-0.4, -0.2) is 42.8 Å². The molecule has 0 amide bonds. The molecular weight excluding hydrogens is 256 g/mol. The lowest BCUT2D eigenvalue weighted by Crippen LogP contribution is -2.20. The number of aromatic nitrogens is 1. The van der Waals surface area contributed by atoms with Gasteiger partial charge < -0.3 is 14.2 Å². The van der Waals surface area contributed by atoms with Crippen LogP contribution in [0.4, 0.5) is 5.69 Å². The molecule has 1 aromatic rings. The number of hydrogen-bond acceptors (Lipinski definition) is 7. The molecule has 0 aliphatic carbocycles. The van der Waals surface area contributed by atoms with Gasteiger partial charge in [-0.1, -0.05) is 0 Å². The number of pyridine rings is 1. The largest absolute Gasteiger partial charge is 0.467 e. The molecule has 0 aromatic carbocycles. The Morgan fingerprint density at radius 2 is 2.16 bits per heavy atom. The summed E-state index contributed by atoms with van der Waals surface area (Å²) in [5.41, 5.74) is -0.386. The third kappa shape index (κ3) is 3.88. The maximum atomic E-state index is 11.3. The molecule has 0 N–H and O–H groups in total. The number of methoxy groups -OCH3 is 2. The van der Waals surface area contributed by atoms with Crippen molar-refractivity contribution >= 4 is 11.7 Å². The Balaban J connectivity index is 3.08. The first-order valence-corrected chi connectivity index (χ1v) is 5.39. The van der Waals surface area contributed by atoms with Gasteiger partial charge in [0.05, 0.1) is 18.6 Å². The van der Waals surface area contributed by atoms with Gasteiger partial charge in [-0.3, -0.25) is 10.1 Å². The number of esters is 1. The van der Waals surface area contributed by atoms with E-state index in [0.717, 1.165) is 6.07 Å². The minimum Gasteiger partial charge on any atom is -0.467 e. The van der Waals surface area contributed by atoms with Crippen LogP contribution in [0.3, 0.4) is 0 Å². The summed E-state index contributed by atoms with van der Waals surface area (Å²) in [6, 6.07) is 2.35. The molecule has 104 valence electrons. The number of carbonyl (C=O) groups is 1. The normalized spacial score (nSPS) is 11.7. The summed E-state index contributed by atoms with van der Waals surface area (Å²) < 4.78 is 14.7. The van der Waals surface area contributed by atoms with Crippen LogP contribution in [0.1, 0.15) is 17.4 Å². The number of carbonyl (C=O) groups excluding carboxylic acids is 1. The van der Waals surface area contributed by atoms with E-state index in [0.29, 0.717) is 0 Å². The van der Waals surface area contributed by atoms with Crippen LogP contribution in [0.5, 0.6) is 5.88 Å². The fraction of sp³-hybridized carbons (Fsp3) is 0.455. The van der Waals surface area contributed by atoms with Gasteiger partial charge in [0.25, 0.3) is 5.88 Å². The molecular formula is C11H14N2O6. The molecule has 1 aromatic heterocycles. The number of nitro groups is 1. The zero-order chi connectivity index (χ0) is 14.4. The van der Waals surface area contributed by atoms with E-state index in [1.54, 1.807) is 6.92 Å². The van der Waals surface area contributed by atoms with Crippen molar-refractivity contribution in [1.29, 1.82) is 0 Å². The molecule has 1 unspecified atom stereocenters. The summed E-state index contributed by atoms with van der Waals surface area (Å²) in [7, 11) is 2.67. The van der Waals surface area contributed by atoms with Crippen molar-refractivity contribution in [1.82, 2.24) is 4.98 Å². The second-order valence-corrected chi connectivity index (χ2v) is 3.65. The maximum absolute atomic E-state index is 11.3. The highest BCUT2D eigenvalue weighted by Gasteiger charge is 2.22. The van der Waals surface area contributed by atoms with Crippen molar-refractivity contribution < 1.29 is 23.9 Å². The van der Waals surface area contributed by atoms with E-state index in [1.807, 2.05) is 0 Å². The van der Waals surface area contributed by atoms with Crippen molar-refractivity contribution in [2.24, 2.45) is 0 Å². The molecule has 1 heterocycles. The zero-order valence-corrected chi connectivity index (χ0v) is 10.8. The van der Waals surface area contributed by atoms with E-state index < -0.39 is 17.0 Å². The molecule has 0 radical (unpaired) electrons. The van der Waals surface area contributed by atoms with Gasteiger partial charge in [0, 0.05) is 13.2 Å². The van der Waals surface area contributed by atoms with Crippen molar-refractivity contribution in [2.75, 3.05) is 20.8 Å². The summed E-state index contributed by atoms with van der Waals surface area (Å²) in [4.78, 5) is 25.3. The van der Waals surface area contributed by atoms with Crippen LogP contribution >= 0.6 is 0 Å². The number of nitrogens with zero attached hydrogens (tertiary/aromatic N) is 2. The Bertz CT molecular complexity index is 476. The Morgan fingerprint density at radius 3 is 2.68 bits per heavy atom. The number of rotatable bonds is 6. The molecule has 8 heteroatoms. The molecule has 0 spiro atoms. The minimum atomic E-state index is -0.695. The lowest BCUT2D eigenvalue weighted by molar-refractivity contribution is -0.386. The lowest BCUT2D eigenvalue weighted by Gasteiger charge is -2.13. The second kappa shape index (κ2) is 6.64. The van der Waals surface area contributed by atoms with Crippen molar-refractivity contribution in [3.8, 4) is 5.88 Å². The fourth-order valence-electron chi connectivity index (χ4n) is 1.34. The topological polar surface area (TPSA) is 101 Å². The average Bonchev–Trinajstić information content (AvgIpc) is 2.37. The summed E-state index contributed by atoms with van der Waals surface area (Å²) in [6.45, 7) is 1.90. The smallest absolute Gasteiger partial charge is 0.356 e. The summed E-state index contributed by atoms with van der Waals surface area (Å²) in [5.74, 6) is -0.934. The standard InChI is InChI=1S/C11H14N2O6/c1-7(6-17-2)19-10-9(13(15)16)5-4-8(12-10)11(14)18-3/h4-5,7H,6H2,1-3H3. The Labute approximate surface area is 109 Å². The van der Waals surface area contributed by atoms with Crippen LogP contribution in [0.15, 0.2) is 12.1 Å². The summed E-state index contributed by atoms with van der Waals surface area (Å²) in [5, 5.41) is 10.8. The van der Waals surface area contributed by atoms with Gasteiger partial charge in [-0.25, -0.2) is 9.78 Å². The number of ether oxygens (including phenoxy) is 3. The molecule has 0 saturated carbocycles. The van der Waals surface area contributed by atoms with Gasteiger partial charge in [-0.15, -0.1) is 0 Å². The molecule has 0 fully saturated rings. The quantitative estimate of drug-likeness (QED) is 0.434.